The summed E-state index contributed by atoms with van der Waals surface area (Å²) < 4.78 is 0. The summed E-state index contributed by atoms with van der Waals surface area (Å²) in [4.78, 5) is 0. The maximum absolute atomic E-state index is 9.32. The van der Waals surface area contributed by atoms with Crippen molar-refractivity contribution in [2.45, 2.75) is 6.61 Å². The third kappa shape index (κ3) is 2.96. The Morgan fingerprint density at radius 2 is 0.857 bits per heavy atom. The molecule has 0 aliphatic carbocycles. The quantitative estimate of drug-likeness (QED) is 0.752. The largest absolute Gasteiger partial charge is 0.508 e. The van der Waals surface area contributed by atoms with E-state index in [4.69, 9.17) is 5.11 Å². The number of benzene rings is 3. The monoisotopic (exact) mass is 276 g/mol. The number of aliphatic hydroxyl groups excluding tert-OH is 1. The van der Waals surface area contributed by atoms with E-state index in [0.29, 0.717) is 0 Å². The van der Waals surface area contributed by atoms with Crippen LogP contribution in [0.2, 0.25) is 0 Å². The first-order chi connectivity index (χ1) is 10.3. The fourth-order valence-electron chi connectivity index (χ4n) is 2.31. The number of hydrogen-bond donors (Lipinski definition) is 2. The Balaban J connectivity index is 1.87. The molecule has 0 saturated heterocycles. The third-order valence-electron chi connectivity index (χ3n) is 3.56. The summed E-state index contributed by atoms with van der Waals surface area (Å²) in [5.74, 6) is 0.277. The van der Waals surface area contributed by atoms with E-state index in [0.717, 1.165) is 27.8 Å². The summed E-state index contributed by atoms with van der Waals surface area (Å²) in [6.07, 6.45) is 0. The molecule has 3 rings (SSSR count). The molecule has 0 bridgehead atoms. The second-order valence-electron chi connectivity index (χ2n) is 4.98. The van der Waals surface area contributed by atoms with Crippen LogP contribution in [0.4, 0.5) is 0 Å². The van der Waals surface area contributed by atoms with Crippen molar-refractivity contribution in [1.82, 2.24) is 0 Å². The number of aliphatic hydroxyl groups is 1. The molecular formula is C19H16O2. The second kappa shape index (κ2) is 5.81. The van der Waals surface area contributed by atoms with E-state index in [9.17, 15) is 5.11 Å². The van der Waals surface area contributed by atoms with Crippen molar-refractivity contribution in [3.8, 4) is 28.0 Å². The molecule has 0 heterocycles. The maximum Gasteiger partial charge on any atom is 0.115 e. The molecule has 104 valence electrons. The van der Waals surface area contributed by atoms with Gasteiger partial charge in [0.25, 0.3) is 0 Å². The highest BCUT2D eigenvalue weighted by molar-refractivity contribution is 5.70. The van der Waals surface area contributed by atoms with Crippen LogP contribution in [0.3, 0.4) is 0 Å². The van der Waals surface area contributed by atoms with Gasteiger partial charge in [0.15, 0.2) is 0 Å². The first-order valence-corrected chi connectivity index (χ1v) is 6.86. The molecular weight excluding hydrogens is 260 g/mol. The van der Waals surface area contributed by atoms with Crippen molar-refractivity contribution in [1.29, 1.82) is 0 Å². The normalized spacial score (nSPS) is 10.5. The average Bonchev–Trinajstić information content (AvgIpc) is 2.56. The second-order valence-corrected chi connectivity index (χ2v) is 4.98. The topological polar surface area (TPSA) is 40.5 Å². The summed E-state index contributed by atoms with van der Waals surface area (Å²) in [6.45, 7) is 0.0695. The summed E-state index contributed by atoms with van der Waals surface area (Å²) >= 11 is 0. The lowest BCUT2D eigenvalue weighted by molar-refractivity contribution is 0.282. The van der Waals surface area contributed by atoms with E-state index >= 15 is 0 Å². The van der Waals surface area contributed by atoms with Gasteiger partial charge in [-0.25, -0.2) is 0 Å². The van der Waals surface area contributed by atoms with E-state index in [1.54, 1.807) is 12.1 Å². The van der Waals surface area contributed by atoms with Gasteiger partial charge in [-0.1, -0.05) is 60.7 Å². The molecule has 2 nitrogen and oxygen atoms in total. The molecule has 2 heteroatoms. The van der Waals surface area contributed by atoms with E-state index < -0.39 is 0 Å². The average molecular weight is 276 g/mol. The molecule has 0 spiro atoms. The van der Waals surface area contributed by atoms with E-state index in [1.165, 1.54) is 0 Å². The Labute approximate surface area is 123 Å². The van der Waals surface area contributed by atoms with E-state index in [2.05, 4.69) is 24.3 Å². The Kier molecular flexibility index (Phi) is 3.71. The maximum atomic E-state index is 9.32. The number of phenolic OH excluding ortho intramolecular Hbond substituents is 1. The minimum atomic E-state index is 0.0695. The van der Waals surface area contributed by atoms with Crippen molar-refractivity contribution >= 4 is 0 Å². The smallest absolute Gasteiger partial charge is 0.115 e. The van der Waals surface area contributed by atoms with Crippen LogP contribution in [0.25, 0.3) is 22.3 Å². The van der Waals surface area contributed by atoms with Gasteiger partial charge in [0, 0.05) is 0 Å². The van der Waals surface area contributed by atoms with Crippen molar-refractivity contribution in [2.24, 2.45) is 0 Å². The lowest BCUT2D eigenvalue weighted by atomic mass is 10.00. The zero-order chi connectivity index (χ0) is 14.7. The highest BCUT2D eigenvalue weighted by atomic mass is 16.3. The summed E-state index contributed by atoms with van der Waals surface area (Å²) in [5.41, 5.74) is 5.38. The molecule has 0 unspecified atom stereocenters. The van der Waals surface area contributed by atoms with Crippen molar-refractivity contribution < 1.29 is 10.2 Å². The van der Waals surface area contributed by atoms with Gasteiger partial charge < -0.3 is 10.2 Å². The molecule has 2 N–H and O–H groups in total. The fraction of sp³-hybridized carbons (Fsp3) is 0.0526. The van der Waals surface area contributed by atoms with Gasteiger partial charge in [-0.15, -0.1) is 0 Å². The minimum Gasteiger partial charge on any atom is -0.508 e. The van der Waals surface area contributed by atoms with Crippen molar-refractivity contribution in [3.05, 3.63) is 78.4 Å². The molecule has 0 atom stereocenters. The Morgan fingerprint density at radius 1 is 0.524 bits per heavy atom. The number of hydrogen-bond acceptors (Lipinski definition) is 2. The molecule has 3 aromatic rings. The van der Waals surface area contributed by atoms with E-state index in [1.807, 2.05) is 36.4 Å². The lowest BCUT2D eigenvalue weighted by Crippen LogP contribution is -1.84. The van der Waals surface area contributed by atoms with Gasteiger partial charge in [-0.2, -0.15) is 0 Å². The van der Waals surface area contributed by atoms with Crippen molar-refractivity contribution in [2.75, 3.05) is 0 Å². The van der Waals surface area contributed by atoms with Crippen LogP contribution >= 0.6 is 0 Å². The van der Waals surface area contributed by atoms with Crippen LogP contribution in [0.1, 0.15) is 5.56 Å². The van der Waals surface area contributed by atoms with Gasteiger partial charge in [-0.3, -0.25) is 0 Å². The first kappa shape index (κ1) is 13.4. The zero-order valence-electron chi connectivity index (χ0n) is 11.5. The fourth-order valence-corrected chi connectivity index (χ4v) is 2.31. The highest BCUT2D eigenvalue weighted by Crippen LogP contribution is 2.26. The van der Waals surface area contributed by atoms with Gasteiger partial charge in [0.1, 0.15) is 5.75 Å². The summed E-state index contributed by atoms with van der Waals surface area (Å²) in [7, 11) is 0. The van der Waals surface area contributed by atoms with Crippen LogP contribution in [0.5, 0.6) is 5.75 Å². The third-order valence-corrected chi connectivity index (χ3v) is 3.56. The van der Waals surface area contributed by atoms with Crippen LogP contribution in [0.15, 0.2) is 72.8 Å². The van der Waals surface area contributed by atoms with Crippen LogP contribution in [-0.4, -0.2) is 10.2 Å². The van der Waals surface area contributed by atoms with Crippen LogP contribution < -0.4 is 0 Å². The summed E-state index contributed by atoms with van der Waals surface area (Å²) in [6, 6.07) is 23.4. The molecule has 0 aliphatic heterocycles. The minimum absolute atomic E-state index is 0.0695. The predicted molar refractivity (Wildman–Crippen MR) is 84.9 cm³/mol. The number of phenols is 1. The molecule has 0 amide bonds. The Bertz CT molecular complexity index is 711. The van der Waals surface area contributed by atoms with Gasteiger partial charge in [0.05, 0.1) is 6.61 Å². The van der Waals surface area contributed by atoms with Gasteiger partial charge in [0.2, 0.25) is 0 Å². The molecule has 0 radical (unpaired) electrons. The molecule has 21 heavy (non-hydrogen) atoms. The SMILES string of the molecule is OCc1ccc(-c2ccc(-c3ccc(O)cc3)cc2)cc1. The molecule has 3 aromatic carbocycles. The van der Waals surface area contributed by atoms with Crippen LogP contribution in [0, 0.1) is 0 Å². The molecule has 0 fully saturated rings. The van der Waals surface area contributed by atoms with Gasteiger partial charge in [-0.05, 0) is 39.9 Å². The first-order valence-electron chi connectivity index (χ1n) is 6.86. The van der Waals surface area contributed by atoms with Crippen molar-refractivity contribution in [3.63, 3.8) is 0 Å². The molecule has 0 saturated carbocycles. The zero-order valence-corrected chi connectivity index (χ0v) is 11.5. The standard InChI is InChI=1S/C19H16O2/c20-13-14-1-3-15(4-2-14)16-5-7-17(8-6-16)18-9-11-19(21)12-10-18/h1-12,20-21H,13H2. The number of aromatic hydroxyl groups is 1. The number of rotatable bonds is 3. The van der Waals surface area contributed by atoms with E-state index in [-0.39, 0.29) is 12.4 Å². The Hall–Kier alpha value is -2.58. The van der Waals surface area contributed by atoms with Gasteiger partial charge >= 0.3 is 0 Å². The lowest BCUT2D eigenvalue weighted by Gasteiger charge is -2.06. The summed E-state index contributed by atoms with van der Waals surface area (Å²) in [5, 5.41) is 18.4. The highest BCUT2D eigenvalue weighted by Gasteiger charge is 2.01. The molecule has 0 aromatic heterocycles. The van der Waals surface area contributed by atoms with Crippen LogP contribution in [-0.2, 0) is 6.61 Å². The Morgan fingerprint density at radius 3 is 1.24 bits per heavy atom. The molecule has 0 aliphatic rings. The predicted octanol–water partition coefficient (Wildman–Crippen LogP) is 4.22.